The molecule has 5 nitrogen and oxygen atoms in total. The first-order valence-electron chi connectivity index (χ1n) is 8.11. The van der Waals surface area contributed by atoms with E-state index in [9.17, 15) is 26.7 Å². The molecule has 148 valence electrons. The van der Waals surface area contributed by atoms with Crippen LogP contribution in [0.4, 0.5) is 32.6 Å². The van der Waals surface area contributed by atoms with Gasteiger partial charge in [-0.2, -0.15) is 18.3 Å². The number of hydrogen-bond donors (Lipinski definition) is 1. The summed E-state index contributed by atoms with van der Waals surface area (Å²) in [4.78, 5) is 11.9. The second-order valence-corrected chi connectivity index (χ2v) is 7.66. The molecule has 1 amide bonds. The molecule has 1 aromatic heterocycles. The molecule has 26 heavy (non-hydrogen) atoms. The van der Waals surface area contributed by atoms with Gasteiger partial charge in [-0.05, 0) is 12.3 Å². The molecule has 0 unspecified atom stereocenters. The van der Waals surface area contributed by atoms with Crippen LogP contribution in [-0.2, 0) is 17.2 Å². The van der Waals surface area contributed by atoms with E-state index >= 15 is 0 Å². The molecule has 1 saturated carbocycles. The van der Waals surface area contributed by atoms with Crippen LogP contribution in [0.2, 0.25) is 0 Å². The third kappa shape index (κ3) is 4.27. The number of hydrogen-bond acceptors (Lipinski definition) is 3. The summed E-state index contributed by atoms with van der Waals surface area (Å²) in [5.41, 5.74) is 0.356. The van der Waals surface area contributed by atoms with Gasteiger partial charge in [-0.3, -0.25) is 10.00 Å². The number of aryl methyl sites for hydroxylation is 1. The number of carbonyl (C=O) groups is 1. The van der Waals surface area contributed by atoms with Gasteiger partial charge in [0.05, 0.1) is 5.69 Å². The van der Waals surface area contributed by atoms with E-state index in [0.29, 0.717) is 11.3 Å². The summed E-state index contributed by atoms with van der Waals surface area (Å²) in [7, 11) is 1.48. The highest BCUT2D eigenvalue weighted by Crippen LogP contribution is 2.51. The van der Waals surface area contributed by atoms with Crippen molar-refractivity contribution in [1.82, 2.24) is 9.78 Å². The van der Waals surface area contributed by atoms with Gasteiger partial charge in [0.1, 0.15) is 5.82 Å². The minimum absolute atomic E-state index is 0.141. The molecule has 0 bridgehead atoms. The molecule has 0 saturated heterocycles. The van der Waals surface area contributed by atoms with E-state index in [1.807, 2.05) is 0 Å². The Labute approximate surface area is 147 Å². The molecule has 0 spiro atoms. The SMILES string of the molecule is C[C@H](OC(=O)Nc1c(C(C)(C)C)c(C2CC(F)(F)C2)nn1C)C(F)(F)F. The lowest BCUT2D eigenvalue weighted by Gasteiger charge is -2.35. The third-order valence-electron chi connectivity index (χ3n) is 4.27. The van der Waals surface area contributed by atoms with E-state index in [1.165, 1.54) is 11.7 Å². The quantitative estimate of drug-likeness (QED) is 0.768. The fraction of sp³-hybridized carbons (Fsp3) is 0.750. The molecule has 1 atom stereocenters. The van der Waals surface area contributed by atoms with Gasteiger partial charge in [0.25, 0.3) is 0 Å². The Bertz CT molecular complexity index is 683. The fourth-order valence-electron chi connectivity index (χ4n) is 2.92. The minimum atomic E-state index is -4.68. The Morgan fingerprint density at radius 2 is 1.85 bits per heavy atom. The van der Waals surface area contributed by atoms with Gasteiger partial charge in [0.2, 0.25) is 5.92 Å². The third-order valence-corrected chi connectivity index (χ3v) is 4.27. The first-order chi connectivity index (χ1) is 11.6. The number of rotatable bonds is 3. The smallest absolute Gasteiger partial charge is 0.425 e. The van der Waals surface area contributed by atoms with E-state index in [4.69, 9.17) is 0 Å². The lowest BCUT2D eigenvalue weighted by molar-refractivity contribution is -0.196. The lowest BCUT2D eigenvalue weighted by atomic mass is 9.74. The maximum Gasteiger partial charge on any atom is 0.425 e. The first kappa shape index (κ1) is 20.4. The average molecular weight is 383 g/mol. The minimum Gasteiger partial charge on any atom is -0.437 e. The molecule has 1 aliphatic rings. The molecule has 2 rings (SSSR count). The van der Waals surface area contributed by atoms with Crippen LogP contribution in [0.1, 0.15) is 57.7 Å². The monoisotopic (exact) mass is 383 g/mol. The van der Waals surface area contributed by atoms with Gasteiger partial charge >= 0.3 is 12.3 Å². The molecule has 0 aliphatic heterocycles. The summed E-state index contributed by atoms with van der Waals surface area (Å²) >= 11 is 0. The summed E-state index contributed by atoms with van der Waals surface area (Å²) in [6.45, 7) is 6.13. The molecule has 1 heterocycles. The predicted octanol–water partition coefficient (Wildman–Crippen LogP) is 4.73. The number of halogens is 5. The van der Waals surface area contributed by atoms with Crippen molar-refractivity contribution in [3.8, 4) is 0 Å². The van der Waals surface area contributed by atoms with E-state index < -0.39 is 35.6 Å². The number of amides is 1. The molecule has 1 fully saturated rings. The number of nitrogens with one attached hydrogen (secondary N) is 1. The topological polar surface area (TPSA) is 56.1 Å². The Kier molecular flexibility index (Phi) is 5.02. The summed E-state index contributed by atoms with van der Waals surface area (Å²) in [5, 5.41) is 6.52. The normalized spacial score (nSPS) is 19.0. The second-order valence-electron chi connectivity index (χ2n) is 7.66. The first-order valence-corrected chi connectivity index (χ1v) is 8.11. The van der Waals surface area contributed by atoms with Crippen molar-refractivity contribution < 1.29 is 31.5 Å². The van der Waals surface area contributed by atoms with Gasteiger partial charge < -0.3 is 4.74 Å². The molecular weight excluding hydrogens is 361 g/mol. The number of carbonyl (C=O) groups excluding carboxylic acids is 1. The van der Waals surface area contributed by atoms with Gasteiger partial charge in [-0.15, -0.1) is 0 Å². The van der Waals surface area contributed by atoms with Crippen LogP contribution in [0.3, 0.4) is 0 Å². The van der Waals surface area contributed by atoms with Crippen LogP contribution in [-0.4, -0.2) is 34.1 Å². The molecule has 1 N–H and O–H groups in total. The van der Waals surface area contributed by atoms with E-state index in [-0.39, 0.29) is 18.7 Å². The molecule has 1 aliphatic carbocycles. The highest BCUT2D eigenvalue weighted by atomic mass is 19.4. The Balaban J connectivity index is 2.28. The van der Waals surface area contributed by atoms with Crippen molar-refractivity contribution in [1.29, 1.82) is 0 Å². The van der Waals surface area contributed by atoms with Crippen molar-refractivity contribution >= 4 is 11.9 Å². The van der Waals surface area contributed by atoms with Crippen LogP contribution in [0.25, 0.3) is 0 Å². The number of nitrogens with zero attached hydrogens (tertiary/aromatic N) is 2. The number of anilines is 1. The van der Waals surface area contributed by atoms with Crippen LogP contribution in [0.15, 0.2) is 0 Å². The molecular formula is C16H22F5N3O2. The molecule has 1 aromatic rings. The van der Waals surface area contributed by atoms with Crippen LogP contribution in [0, 0.1) is 0 Å². The molecule has 0 radical (unpaired) electrons. The van der Waals surface area contributed by atoms with Crippen molar-refractivity contribution in [2.75, 3.05) is 5.32 Å². The Morgan fingerprint density at radius 3 is 2.27 bits per heavy atom. The number of aromatic nitrogens is 2. The zero-order valence-electron chi connectivity index (χ0n) is 15.2. The van der Waals surface area contributed by atoms with E-state index in [2.05, 4.69) is 15.2 Å². The van der Waals surface area contributed by atoms with Crippen molar-refractivity contribution in [2.45, 2.75) is 70.1 Å². The fourth-order valence-corrected chi connectivity index (χ4v) is 2.92. The Morgan fingerprint density at radius 1 is 1.31 bits per heavy atom. The maximum atomic E-state index is 13.2. The summed E-state index contributed by atoms with van der Waals surface area (Å²) in [5.74, 6) is -3.07. The van der Waals surface area contributed by atoms with Gasteiger partial charge in [-0.1, -0.05) is 20.8 Å². The molecule has 0 aromatic carbocycles. The summed E-state index contributed by atoms with van der Waals surface area (Å²) in [6.07, 6.45) is -8.93. The molecule has 10 heteroatoms. The average Bonchev–Trinajstić information content (AvgIpc) is 2.71. The second kappa shape index (κ2) is 6.38. The number of ether oxygens (including phenoxy) is 1. The van der Waals surface area contributed by atoms with Crippen molar-refractivity contribution in [2.24, 2.45) is 7.05 Å². The summed E-state index contributed by atoms with van der Waals surface area (Å²) in [6, 6.07) is 0. The zero-order valence-corrected chi connectivity index (χ0v) is 15.2. The van der Waals surface area contributed by atoms with E-state index in [0.717, 1.165) is 6.92 Å². The standard InChI is InChI=1S/C16H22F5N3O2/c1-8(16(19,20)21)26-13(25)22-12-10(14(2,3)4)11(23-24(12)5)9-6-15(17,18)7-9/h8-9H,6-7H2,1-5H3,(H,22,25)/t8-/m0/s1. The lowest BCUT2D eigenvalue weighted by Crippen LogP contribution is -2.35. The van der Waals surface area contributed by atoms with Crippen molar-refractivity contribution in [3.05, 3.63) is 11.3 Å². The van der Waals surface area contributed by atoms with Gasteiger partial charge in [-0.25, -0.2) is 13.6 Å². The Hall–Kier alpha value is -1.87. The van der Waals surface area contributed by atoms with Crippen molar-refractivity contribution in [3.63, 3.8) is 0 Å². The zero-order chi connectivity index (χ0) is 20.1. The van der Waals surface area contributed by atoms with E-state index in [1.54, 1.807) is 20.8 Å². The van der Waals surface area contributed by atoms with Crippen LogP contribution >= 0.6 is 0 Å². The van der Waals surface area contributed by atoms with Gasteiger partial charge in [0, 0.05) is 31.4 Å². The van der Waals surface area contributed by atoms with Crippen LogP contribution in [0.5, 0.6) is 0 Å². The highest BCUT2D eigenvalue weighted by molar-refractivity contribution is 5.85. The largest absolute Gasteiger partial charge is 0.437 e. The summed E-state index contributed by atoms with van der Waals surface area (Å²) < 4.78 is 69.7. The van der Waals surface area contributed by atoms with Gasteiger partial charge in [0.15, 0.2) is 6.10 Å². The predicted molar refractivity (Wildman–Crippen MR) is 84.5 cm³/mol. The highest BCUT2D eigenvalue weighted by Gasteiger charge is 2.49. The maximum absolute atomic E-state index is 13.2. The van der Waals surface area contributed by atoms with Crippen LogP contribution < -0.4 is 5.32 Å². The number of alkyl halides is 5.